The van der Waals surface area contributed by atoms with Crippen molar-refractivity contribution in [2.75, 3.05) is 0 Å². The number of hydrogen-bond donors (Lipinski definition) is 0. The molecule has 0 bridgehead atoms. The summed E-state index contributed by atoms with van der Waals surface area (Å²) in [6, 6.07) is 3.50. The van der Waals surface area contributed by atoms with Gasteiger partial charge in [0.25, 0.3) is 0 Å². The maximum Gasteiger partial charge on any atom is 0.164 e. The summed E-state index contributed by atoms with van der Waals surface area (Å²) in [6.07, 6.45) is 9.78. The van der Waals surface area contributed by atoms with E-state index in [-0.39, 0.29) is 14.6 Å². The van der Waals surface area contributed by atoms with Crippen molar-refractivity contribution in [1.29, 1.82) is 0 Å². The zero-order chi connectivity index (χ0) is 18.7. The first kappa shape index (κ1) is 21.2. The van der Waals surface area contributed by atoms with Crippen LogP contribution in [0.15, 0.2) is 12.1 Å². The fourth-order valence-electron chi connectivity index (χ4n) is 4.84. The highest BCUT2D eigenvalue weighted by Gasteiger charge is 2.31. The summed E-state index contributed by atoms with van der Waals surface area (Å²) in [6.45, 7) is 2.48. The molecule has 0 amide bonds. The number of ether oxygens (including phenoxy) is 1. The fourth-order valence-corrected chi connectivity index (χ4v) is 5.20. The molecule has 2 aliphatic carbocycles. The Morgan fingerprint density at radius 3 is 2.08 bits per heavy atom. The first-order valence-corrected chi connectivity index (χ1v) is 12.3. The van der Waals surface area contributed by atoms with Crippen LogP contribution in [0.2, 0.25) is 0 Å². The SMILES string of the molecule is CC1CCC(C2CCC(c3ccc(COC(I)I)c(F)c3F)CC2)CC1. The molecule has 26 heavy (non-hydrogen) atoms. The molecule has 0 aromatic heterocycles. The number of benzene rings is 1. The molecule has 2 aliphatic rings. The monoisotopic (exact) mass is 588 g/mol. The smallest absolute Gasteiger partial charge is 0.164 e. The summed E-state index contributed by atoms with van der Waals surface area (Å²) < 4.78 is 34.4. The van der Waals surface area contributed by atoms with Gasteiger partial charge in [0.1, 0.15) is 0 Å². The van der Waals surface area contributed by atoms with E-state index in [4.69, 9.17) is 4.74 Å². The van der Waals surface area contributed by atoms with E-state index in [2.05, 4.69) is 52.1 Å². The molecule has 0 saturated heterocycles. The number of hydrogen-bond acceptors (Lipinski definition) is 1. The maximum atomic E-state index is 14.6. The lowest BCUT2D eigenvalue weighted by molar-refractivity contribution is 0.161. The second-order valence-electron chi connectivity index (χ2n) is 8.15. The molecule has 0 atom stereocenters. The van der Waals surface area contributed by atoms with Crippen LogP contribution in [0.1, 0.15) is 75.3 Å². The van der Waals surface area contributed by atoms with Crippen LogP contribution in [0.25, 0.3) is 0 Å². The van der Waals surface area contributed by atoms with E-state index in [9.17, 15) is 8.78 Å². The minimum atomic E-state index is -0.723. The van der Waals surface area contributed by atoms with Crippen molar-refractivity contribution in [2.24, 2.45) is 17.8 Å². The van der Waals surface area contributed by atoms with Crippen molar-refractivity contribution in [3.8, 4) is 0 Å². The van der Waals surface area contributed by atoms with Gasteiger partial charge in [-0.25, -0.2) is 8.78 Å². The minimum absolute atomic E-state index is 0.0506. The molecule has 2 fully saturated rings. The van der Waals surface area contributed by atoms with Gasteiger partial charge in [0.2, 0.25) is 0 Å². The Balaban J connectivity index is 1.59. The molecule has 0 heterocycles. The summed E-state index contributed by atoms with van der Waals surface area (Å²) >= 11 is 4.20. The molecule has 0 aliphatic heterocycles. The van der Waals surface area contributed by atoms with Gasteiger partial charge in [-0.3, -0.25) is 0 Å². The summed E-state index contributed by atoms with van der Waals surface area (Å²) in [7, 11) is 0. The first-order chi connectivity index (χ1) is 12.5. The van der Waals surface area contributed by atoms with Crippen LogP contribution < -0.4 is 0 Å². The standard InChI is InChI=1S/C21H28F2I2O/c1-13-2-4-14(5-3-13)15-6-8-16(9-7-15)18-11-10-17(12-26-21(24)25)19(22)20(18)23/h10-11,13-16,21H,2-9,12H2,1H3. The van der Waals surface area contributed by atoms with Gasteiger partial charge >= 0.3 is 0 Å². The summed E-state index contributed by atoms with van der Waals surface area (Å²) in [4.78, 5) is 0. The molecular formula is C21H28F2I2O. The lowest BCUT2D eigenvalue weighted by Gasteiger charge is -2.37. The second kappa shape index (κ2) is 9.81. The van der Waals surface area contributed by atoms with E-state index in [1.165, 1.54) is 38.5 Å². The van der Waals surface area contributed by atoms with E-state index in [0.717, 1.165) is 30.6 Å². The molecule has 0 spiro atoms. The molecule has 146 valence electrons. The zero-order valence-electron chi connectivity index (χ0n) is 15.3. The predicted molar refractivity (Wildman–Crippen MR) is 119 cm³/mol. The summed E-state index contributed by atoms with van der Waals surface area (Å²) in [5.74, 6) is 1.34. The Morgan fingerprint density at radius 1 is 0.923 bits per heavy atom. The molecule has 0 unspecified atom stereocenters. The van der Waals surface area contributed by atoms with Crippen molar-refractivity contribution >= 4 is 45.2 Å². The molecule has 1 nitrogen and oxygen atoms in total. The topological polar surface area (TPSA) is 9.23 Å². The van der Waals surface area contributed by atoms with Crippen LogP contribution in [0.4, 0.5) is 8.78 Å². The Bertz CT molecular complexity index is 592. The van der Waals surface area contributed by atoms with E-state index in [1.807, 2.05) is 0 Å². The van der Waals surface area contributed by atoms with Crippen LogP contribution in [-0.4, -0.2) is 2.12 Å². The minimum Gasteiger partial charge on any atom is -0.353 e. The van der Waals surface area contributed by atoms with Crippen molar-refractivity contribution in [1.82, 2.24) is 0 Å². The maximum absolute atomic E-state index is 14.6. The van der Waals surface area contributed by atoms with Crippen molar-refractivity contribution in [3.05, 3.63) is 34.9 Å². The number of rotatable bonds is 5. The van der Waals surface area contributed by atoms with Gasteiger partial charge in [0.05, 0.1) is 6.61 Å². The van der Waals surface area contributed by atoms with E-state index >= 15 is 0 Å². The average Bonchev–Trinajstić information content (AvgIpc) is 2.64. The second-order valence-corrected chi connectivity index (χ2v) is 12.8. The van der Waals surface area contributed by atoms with Gasteiger partial charge in [-0.1, -0.05) is 31.9 Å². The highest BCUT2D eigenvalue weighted by molar-refractivity contribution is 14.2. The summed E-state index contributed by atoms with van der Waals surface area (Å²) in [5.41, 5.74) is 0.886. The lowest BCUT2D eigenvalue weighted by Crippen LogP contribution is -2.25. The largest absolute Gasteiger partial charge is 0.353 e. The van der Waals surface area contributed by atoms with Crippen molar-refractivity contribution in [2.45, 2.75) is 72.9 Å². The van der Waals surface area contributed by atoms with Gasteiger partial charge < -0.3 is 4.74 Å². The third-order valence-electron chi connectivity index (χ3n) is 6.50. The Hall–Kier alpha value is 0.500. The van der Waals surface area contributed by atoms with Crippen LogP contribution >= 0.6 is 45.2 Å². The third kappa shape index (κ3) is 5.31. The van der Waals surface area contributed by atoms with E-state index < -0.39 is 11.6 Å². The predicted octanol–water partition coefficient (Wildman–Crippen LogP) is 7.74. The fraction of sp³-hybridized carbons (Fsp3) is 0.714. The van der Waals surface area contributed by atoms with E-state index in [0.29, 0.717) is 11.1 Å². The van der Waals surface area contributed by atoms with Gasteiger partial charge in [-0.15, -0.1) is 0 Å². The molecule has 3 rings (SSSR count). The Labute approximate surface area is 183 Å². The van der Waals surface area contributed by atoms with Crippen LogP contribution in [0.3, 0.4) is 0 Å². The summed E-state index contributed by atoms with van der Waals surface area (Å²) in [5, 5.41) is 0. The molecule has 5 heteroatoms. The Morgan fingerprint density at radius 2 is 1.50 bits per heavy atom. The van der Waals surface area contributed by atoms with Crippen LogP contribution in [0, 0.1) is 29.4 Å². The van der Waals surface area contributed by atoms with Gasteiger partial charge in [0, 0.05) is 5.56 Å². The normalized spacial score (nSPS) is 29.9. The molecule has 0 radical (unpaired) electrons. The Kier molecular flexibility index (Phi) is 8.00. The van der Waals surface area contributed by atoms with Crippen molar-refractivity contribution in [3.63, 3.8) is 0 Å². The number of halogens is 4. The first-order valence-electron chi connectivity index (χ1n) is 9.82. The van der Waals surface area contributed by atoms with Gasteiger partial charge in [0.15, 0.2) is 13.8 Å². The average molecular weight is 588 g/mol. The molecule has 1 aromatic carbocycles. The zero-order valence-corrected chi connectivity index (χ0v) is 19.6. The van der Waals surface area contributed by atoms with Crippen LogP contribution in [-0.2, 0) is 11.3 Å². The number of alkyl halides is 2. The molecule has 0 N–H and O–H groups in total. The highest BCUT2D eigenvalue weighted by atomic mass is 127. The molecule has 2 saturated carbocycles. The highest BCUT2D eigenvalue weighted by Crippen LogP contribution is 2.44. The van der Waals surface area contributed by atoms with E-state index in [1.54, 1.807) is 12.1 Å². The van der Waals surface area contributed by atoms with Crippen LogP contribution in [0.5, 0.6) is 0 Å². The molecule has 1 aromatic rings. The quantitative estimate of drug-likeness (QED) is 0.253. The van der Waals surface area contributed by atoms with Gasteiger partial charge in [-0.2, -0.15) is 0 Å². The molecular weight excluding hydrogens is 560 g/mol. The lowest BCUT2D eigenvalue weighted by atomic mass is 9.68. The van der Waals surface area contributed by atoms with Crippen molar-refractivity contribution < 1.29 is 13.5 Å². The third-order valence-corrected chi connectivity index (χ3v) is 7.21. The van der Waals surface area contributed by atoms with Gasteiger partial charge in [-0.05, 0) is 113 Å².